The fourth-order valence-corrected chi connectivity index (χ4v) is 4.56. The molecule has 2 heterocycles. The summed E-state index contributed by atoms with van der Waals surface area (Å²) in [4.78, 5) is 17.8. The lowest BCUT2D eigenvalue weighted by molar-refractivity contribution is 0.0737. The lowest BCUT2D eigenvalue weighted by Crippen LogP contribution is -2.49. The van der Waals surface area contributed by atoms with Crippen LogP contribution in [-0.4, -0.2) is 60.5 Å². The summed E-state index contributed by atoms with van der Waals surface area (Å²) >= 11 is 0. The van der Waals surface area contributed by atoms with E-state index in [1.54, 1.807) is 36.1 Å². The number of carbonyl (C=O) groups is 1. The Morgan fingerprint density at radius 3 is 2.35 bits per heavy atom. The first kappa shape index (κ1) is 24.4. The lowest BCUT2D eigenvalue weighted by atomic mass is 10.1. The summed E-state index contributed by atoms with van der Waals surface area (Å²) in [5.41, 5.74) is 2.85. The molecule has 0 N–H and O–H groups in total. The standard InChI is InChI=1S/C29H29FN4O3/c1-3-37-28-11-7-6-10-26(28)32-16-18-33(19-17-32)29(35)27-20-25(23-8-4-5-9-24(23)30)31-34(27)21-12-14-22(36-2)15-13-21/h4-15,20H,3,16-19H2,1-2H3. The molecular formula is C29H29FN4O3. The van der Waals surface area contributed by atoms with Crippen molar-refractivity contribution in [3.63, 3.8) is 0 Å². The van der Waals surface area contributed by atoms with Crippen molar-refractivity contribution in [1.29, 1.82) is 0 Å². The molecule has 1 aromatic heterocycles. The Kier molecular flexibility index (Phi) is 7.07. The summed E-state index contributed by atoms with van der Waals surface area (Å²) in [5, 5.41) is 4.64. The molecule has 1 saturated heterocycles. The van der Waals surface area contributed by atoms with Crippen LogP contribution in [0.25, 0.3) is 16.9 Å². The summed E-state index contributed by atoms with van der Waals surface area (Å²) in [6, 6.07) is 23.4. The van der Waals surface area contributed by atoms with Crippen LogP contribution in [0.2, 0.25) is 0 Å². The predicted octanol–water partition coefficient (Wildman–Crippen LogP) is 5.05. The van der Waals surface area contributed by atoms with Gasteiger partial charge in [0, 0.05) is 31.7 Å². The Morgan fingerprint density at radius 2 is 1.65 bits per heavy atom. The number of para-hydroxylation sites is 2. The number of halogens is 1. The van der Waals surface area contributed by atoms with Crippen molar-refractivity contribution in [2.75, 3.05) is 44.8 Å². The summed E-state index contributed by atoms with van der Waals surface area (Å²) in [7, 11) is 1.60. The van der Waals surface area contributed by atoms with Crippen LogP contribution in [0, 0.1) is 5.82 Å². The summed E-state index contributed by atoms with van der Waals surface area (Å²) < 4.78 is 27.2. The Labute approximate surface area is 215 Å². The third-order valence-corrected chi connectivity index (χ3v) is 6.47. The van der Waals surface area contributed by atoms with Gasteiger partial charge < -0.3 is 19.3 Å². The van der Waals surface area contributed by atoms with E-state index >= 15 is 0 Å². The van der Waals surface area contributed by atoms with Gasteiger partial charge in [-0.25, -0.2) is 9.07 Å². The highest BCUT2D eigenvalue weighted by Crippen LogP contribution is 2.30. The summed E-state index contributed by atoms with van der Waals surface area (Å²) in [6.07, 6.45) is 0. The molecule has 3 aromatic carbocycles. The number of piperazine rings is 1. The maximum absolute atomic E-state index is 14.6. The molecule has 0 spiro atoms. The van der Waals surface area contributed by atoms with E-state index in [-0.39, 0.29) is 11.7 Å². The largest absolute Gasteiger partial charge is 0.497 e. The van der Waals surface area contributed by atoms with Gasteiger partial charge in [0.2, 0.25) is 0 Å². The summed E-state index contributed by atoms with van der Waals surface area (Å²) in [6.45, 7) is 4.99. The smallest absolute Gasteiger partial charge is 0.272 e. The van der Waals surface area contributed by atoms with Crippen LogP contribution >= 0.6 is 0 Å². The van der Waals surface area contributed by atoms with Gasteiger partial charge in [0.05, 0.1) is 30.8 Å². The number of amides is 1. The zero-order valence-electron chi connectivity index (χ0n) is 20.9. The van der Waals surface area contributed by atoms with Crippen LogP contribution in [-0.2, 0) is 0 Å². The van der Waals surface area contributed by atoms with Gasteiger partial charge in [-0.15, -0.1) is 0 Å². The molecule has 7 nitrogen and oxygen atoms in total. The van der Waals surface area contributed by atoms with Crippen molar-refractivity contribution >= 4 is 11.6 Å². The first-order chi connectivity index (χ1) is 18.1. The normalized spacial score (nSPS) is 13.5. The van der Waals surface area contributed by atoms with Gasteiger partial charge in [-0.3, -0.25) is 4.79 Å². The molecule has 1 fully saturated rings. The number of ether oxygens (including phenoxy) is 2. The van der Waals surface area contributed by atoms with Gasteiger partial charge in [0.25, 0.3) is 5.91 Å². The van der Waals surface area contributed by atoms with Crippen LogP contribution < -0.4 is 14.4 Å². The predicted molar refractivity (Wildman–Crippen MR) is 141 cm³/mol. The van der Waals surface area contributed by atoms with E-state index in [0.29, 0.717) is 61.2 Å². The number of anilines is 1. The lowest BCUT2D eigenvalue weighted by Gasteiger charge is -2.36. The van der Waals surface area contributed by atoms with E-state index in [2.05, 4.69) is 10.00 Å². The molecule has 1 aliphatic rings. The highest BCUT2D eigenvalue weighted by molar-refractivity contribution is 5.94. The molecule has 1 aliphatic heterocycles. The highest BCUT2D eigenvalue weighted by Gasteiger charge is 2.27. The van der Waals surface area contributed by atoms with E-state index < -0.39 is 0 Å². The first-order valence-corrected chi connectivity index (χ1v) is 12.3. The third kappa shape index (κ3) is 5.00. The quantitative estimate of drug-likeness (QED) is 0.356. The van der Waals surface area contributed by atoms with Crippen molar-refractivity contribution < 1.29 is 18.7 Å². The van der Waals surface area contributed by atoms with Crippen LogP contribution in [0.4, 0.5) is 10.1 Å². The number of aromatic nitrogens is 2. The van der Waals surface area contributed by atoms with E-state index in [9.17, 15) is 9.18 Å². The molecular weight excluding hydrogens is 471 g/mol. The van der Waals surface area contributed by atoms with E-state index in [1.165, 1.54) is 6.07 Å². The van der Waals surface area contributed by atoms with E-state index in [1.807, 2.05) is 60.4 Å². The van der Waals surface area contributed by atoms with Gasteiger partial charge in [-0.05, 0) is 61.5 Å². The fourth-order valence-electron chi connectivity index (χ4n) is 4.56. The number of carbonyl (C=O) groups excluding carboxylic acids is 1. The number of methoxy groups -OCH3 is 1. The van der Waals surface area contributed by atoms with Crippen LogP contribution in [0.3, 0.4) is 0 Å². The zero-order chi connectivity index (χ0) is 25.8. The highest BCUT2D eigenvalue weighted by atomic mass is 19.1. The van der Waals surface area contributed by atoms with E-state index in [0.717, 1.165) is 11.4 Å². The molecule has 4 aromatic rings. The molecule has 0 saturated carbocycles. The number of rotatable bonds is 7. The second kappa shape index (κ2) is 10.7. The second-order valence-corrected chi connectivity index (χ2v) is 8.68. The minimum atomic E-state index is -0.387. The first-order valence-electron chi connectivity index (χ1n) is 12.3. The van der Waals surface area contributed by atoms with Gasteiger partial charge in [0.15, 0.2) is 0 Å². The Morgan fingerprint density at radius 1 is 0.946 bits per heavy atom. The summed E-state index contributed by atoms with van der Waals surface area (Å²) in [5.74, 6) is 1.00. The Hall–Kier alpha value is -4.33. The van der Waals surface area contributed by atoms with Gasteiger partial charge in [0.1, 0.15) is 23.0 Å². The van der Waals surface area contributed by atoms with E-state index in [4.69, 9.17) is 9.47 Å². The Bertz CT molecular complexity index is 1380. The number of hydrogen-bond donors (Lipinski definition) is 0. The van der Waals surface area contributed by atoms with Crippen LogP contribution in [0.5, 0.6) is 11.5 Å². The average Bonchev–Trinajstić information content (AvgIpc) is 3.39. The topological polar surface area (TPSA) is 59.8 Å². The molecule has 0 radical (unpaired) electrons. The van der Waals surface area contributed by atoms with Gasteiger partial charge in [-0.2, -0.15) is 5.10 Å². The molecule has 0 bridgehead atoms. The minimum absolute atomic E-state index is 0.149. The average molecular weight is 501 g/mol. The second-order valence-electron chi connectivity index (χ2n) is 8.68. The van der Waals surface area contributed by atoms with Gasteiger partial charge >= 0.3 is 0 Å². The van der Waals surface area contributed by atoms with Crippen LogP contribution in [0.1, 0.15) is 17.4 Å². The number of benzene rings is 3. The zero-order valence-corrected chi connectivity index (χ0v) is 20.9. The monoisotopic (exact) mass is 500 g/mol. The molecule has 37 heavy (non-hydrogen) atoms. The maximum Gasteiger partial charge on any atom is 0.272 e. The molecule has 190 valence electrons. The molecule has 0 atom stereocenters. The van der Waals surface area contributed by atoms with Crippen molar-refractivity contribution in [3.8, 4) is 28.4 Å². The third-order valence-electron chi connectivity index (χ3n) is 6.47. The Balaban J connectivity index is 1.43. The molecule has 0 aliphatic carbocycles. The SMILES string of the molecule is CCOc1ccccc1N1CCN(C(=O)c2cc(-c3ccccc3F)nn2-c2ccc(OC)cc2)CC1. The fraction of sp³-hybridized carbons (Fsp3) is 0.241. The van der Waals surface area contributed by atoms with Crippen molar-refractivity contribution in [1.82, 2.24) is 14.7 Å². The molecule has 5 rings (SSSR count). The van der Waals surface area contributed by atoms with Crippen LogP contribution in [0.15, 0.2) is 78.9 Å². The van der Waals surface area contributed by atoms with Crippen molar-refractivity contribution in [2.24, 2.45) is 0 Å². The minimum Gasteiger partial charge on any atom is -0.497 e. The maximum atomic E-state index is 14.6. The van der Waals surface area contributed by atoms with Crippen molar-refractivity contribution in [2.45, 2.75) is 6.92 Å². The van der Waals surface area contributed by atoms with Crippen molar-refractivity contribution in [3.05, 3.63) is 90.4 Å². The number of hydrogen-bond acceptors (Lipinski definition) is 5. The number of nitrogens with zero attached hydrogens (tertiary/aromatic N) is 4. The molecule has 1 amide bonds. The molecule has 8 heteroatoms. The van der Waals surface area contributed by atoms with Gasteiger partial charge in [-0.1, -0.05) is 24.3 Å². The molecule has 0 unspecified atom stereocenters.